The van der Waals surface area contributed by atoms with Crippen LogP contribution in [0, 0.1) is 5.41 Å². The molecule has 1 saturated carbocycles. The molecule has 49 heavy (non-hydrogen) atoms. The lowest BCUT2D eigenvalue weighted by atomic mass is 9.64. The molecule has 7 heteroatoms. The quantitative estimate of drug-likeness (QED) is 0.217. The van der Waals surface area contributed by atoms with Crippen molar-refractivity contribution in [2.75, 3.05) is 31.2 Å². The van der Waals surface area contributed by atoms with Crippen LogP contribution in [0.2, 0.25) is 0 Å². The van der Waals surface area contributed by atoms with Gasteiger partial charge in [-0.25, -0.2) is 0 Å². The molecule has 3 aromatic carbocycles. The van der Waals surface area contributed by atoms with Crippen LogP contribution in [0.5, 0.6) is 0 Å². The van der Waals surface area contributed by atoms with Gasteiger partial charge in [-0.05, 0) is 100.0 Å². The second-order valence-electron chi connectivity index (χ2n) is 15.4. The second kappa shape index (κ2) is 13.5. The zero-order valence-electron chi connectivity index (χ0n) is 29.0. The number of piperidine rings is 1. The van der Waals surface area contributed by atoms with Gasteiger partial charge in [0.05, 0.1) is 18.4 Å². The standard InChI is InChI=1S/C42H51N3O4/c1-30-10-9-20-40(2)37(35-18-16-31(26-34(46)17-15-30)27-36(35)38(47)32-11-5-3-6-12-32)19-21-42(40,49)28-44-24-22-41(23-25-44)39(48)43-29-45(41)33-13-7-4-8-14-33/h3-8,10-14,16,18,27,34,37,46,49H,9,15,17,19-26,28-29H2,1-2H3,(H,43,48)/t34-,37-,40-,42+/m0/s1. The minimum Gasteiger partial charge on any atom is -0.393 e. The molecule has 0 aromatic heterocycles. The number of aliphatic hydroxyl groups excluding tert-OH is 1. The number of carbonyl (C=O) groups is 2. The summed E-state index contributed by atoms with van der Waals surface area (Å²) in [5.41, 5.74) is 3.60. The number of anilines is 1. The van der Waals surface area contributed by atoms with Gasteiger partial charge in [0, 0.05) is 41.9 Å². The number of hydrogen-bond acceptors (Lipinski definition) is 6. The molecule has 7 nitrogen and oxygen atoms in total. The van der Waals surface area contributed by atoms with Crippen LogP contribution in [-0.4, -0.2) is 70.4 Å². The molecule has 2 aliphatic heterocycles. The lowest BCUT2D eigenvalue weighted by Gasteiger charge is -2.49. The number of allylic oxidation sites excluding steroid dienone is 2. The van der Waals surface area contributed by atoms with Gasteiger partial charge in [-0.3, -0.25) is 9.59 Å². The van der Waals surface area contributed by atoms with E-state index in [2.05, 4.69) is 59.3 Å². The van der Waals surface area contributed by atoms with Gasteiger partial charge in [-0.1, -0.05) is 79.2 Å². The molecule has 8 rings (SSSR count). The van der Waals surface area contributed by atoms with E-state index in [-0.39, 0.29) is 17.6 Å². The van der Waals surface area contributed by atoms with Gasteiger partial charge in [-0.2, -0.15) is 0 Å². The summed E-state index contributed by atoms with van der Waals surface area (Å²) in [5, 5.41) is 26.9. The summed E-state index contributed by atoms with van der Waals surface area (Å²) in [5.74, 6) is 0.0789. The average Bonchev–Trinajstić information content (AvgIpc) is 3.56. The highest BCUT2D eigenvalue weighted by atomic mass is 16.3. The third-order valence-electron chi connectivity index (χ3n) is 12.5. The van der Waals surface area contributed by atoms with Gasteiger partial charge in [0.15, 0.2) is 5.78 Å². The highest BCUT2D eigenvalue weighted by molar-refractivity contribution is 6.10. The van der Waals surface area contributed by atoms with E-state index in [1.54, 1.807) is 0 Å². The highest BCUT2D eigenvalue weighted by Crippen LogP contribution is 2.59. The molecule has 2 heterocycles. The van der Waals surface area contributed by atoms with Crippen molar-refractivity contribution in [1.82, 2.24) is 10.2 Å². The summed E-state index contributed by atoms with van der Waals surface area (Å²) in [4.78, 5) is 32.1. The van der Waals surface area contributed by atoms with Gasteiger partial charge < -0.3 is 25.3 Å². The fraction of sp³-hybridized carbons (Fsp3) is 0.476. The van der Waals surface area contributed by atoms with Crippen LogP contribution in [0.3, 0.4) is 0 Å². The van der Waals surface area contributed by atoms with Crippen molar-refractivity contribution in [2.45, 2.75) is 94.8 Å². The zero-order chi connectivity index (χ0) is 34.2. The zero-order valence-corrected chi connectivity index (χ0v) is 29.0. The summed E-state index contributed by atoms with van der Waals surface area (Å²) in [6, 6.07) is 25.9. The third kappa shape index (κ3) is 6.26. The third-order valence-corrected chi connectivity index (χ3v) is 12.5. The lowest BCUT2D eigenvalue weighted by Crippen LogP contribution is -2.59. The second-order valence-corrected chi connectivity index (χ2v) is 15.4. The topological polar surface area (TPSA) is 93.1 Å². The summed E-state index contributed by atoms with van der Waals surface area (Å²) in [6.45, 7) is 6.91. The largest absolute Gasteiger partial charge is 0.393 e. The maximum Gasteiger partial charge on any atom is 0.247 e. The Labute approximate surface area is 291 Å². The Hall–Kier alpha value is -3.78. The summed E-state index contributed by atoms with van der Waals surface area (Å²) in [7, 11) is 0. The van der Waals surface area contributed by atoms with E-state index in [4.69, 9.17) is 0 Å². The first-order valence-corrected chi connectivity index (χ1v) is 18.2. The Balaban J connectivity index is 1.19. The number of nitrogens with zero attached hydrogens (tertiary/aromatic N) is 2. The van der Waals surface area contributed by atoms with Crippen LogP contribution >= 0.6 is 0 Å². The van der Waals surface area contributed by atoms with Crippen LogP contribution in [-0.2, 0) is 11.2 Å². The van der Waals surface area contributed by atoms with E-state index in [0.717, 1.165) is 55.6 Å². The number of aliphatic hydroxyl groups is 2. The molecule has 5 aliphatic rings. The van der Waals surface area contributed by atoms with Crippen molar-refractivity contribution in [1.29, 1.82) is 0 Å². The highest BCUT2D eigenvalue weighted by Gasteiger charge is 2.58. The molecule has 2 saturated heterocycles. The monoisotopic (exact) mass is 661 g/mol. The molecule has 3 fully saturated rings. The Morgan fingerprint density at radius 3 is 2.39 bits per heavy atom. The molecule has 258 valence electrons. The predicted molar refractivity (Wildman–Crippen MR) is 194 cm³/mol. The molecular formula is C42H51N3O4. The number of carbonyl (C=O) groups excluding carboxylic acids is 2. The maximum absolute atomic E-state index is 14.2. The fourth-order valence-corrected chi connectivity index (χ4v) is 9.43. The van der Waals surface area contributed by atoms with Gasteiger partial charge >= 0.3 is 0 Å². The number of amides is 1. The van der Waals surface area contributed by atoms with E-state index in [0.29, 0.717) is 56.4 Å². The van der Waals surface area contributed by atoms with E-state index in [1.807, 2.05) is 54.6 Å². The van der Waals surface area contributed by atoms with E-state index >= 15 is 0 Å². The fourth-order valence-electron chi connectivity index (χ4n) is 9.43. The predicted octanol–water partition coefficient (Wildman–Crippen LogP) is 6.38. The first-order chi connectivity index (χ1) is 23.6. The first kappa shape index (κ1) is 33.7. The van der Waals surface area contributed by atoms with E-state index < -0.39 is 22.7 Å². The maximum atomic E-state index is 14.2. The lowest BCUT2D eigenvalue weighted by molar-refractivity contribution is -0.126. The van der Waals surface area contributed by atoms with Gasteiger partial charge in [0.2, 0.25) is 5.91 Å². The minimum atomic E-state index is -0.972. The van der Waals surface area contributed by atoms with Crippen molar-refractivity contribution >= 4 is 17.4 Å². The van der Waals surface area contributed by atoms with Crippen LogP contribution in [0.15, 0.2) is 90.5 Å². The van der Waals surface area contributed by atoms with E-state index in [9.17, 15) is 19.8 Å². The minimum absolute atomic E-state index is 0.00768. The molecule has 0 radical (unpaired) electrons. The number of likely N-dealkylation sites (tertiary alicyclic amines) is 1. The van der Waals surface area contributed by atoms with E-state index in [1.165, 1.54) is 5.57 Å². The number of nitrogens with one attached hydrogen (secondary N) is 1. The number of benzene rings is 3. The van der Waals surface area contributed by atoms with Crippen LogP contribution in [0.25, 0.3) is 0 Å². The van der Waals surface area contributed by atoms with Crippen molar-refractivity contribution in [2.24, 2.45) is 5.41 Å². The number of rotatable bonds is 5. The normalized spacial score (nSPS) is 28.9. The molecule has 1 spiro atoms. The molecule has 3 N–H and O–H groups in total. The number of para-hydroxylation sites is 1. The Kier molecular flexibility index (Phi) is 9.29. The van der Waals surface area contributed by atoms with Crippen molar-refractivity contribution < 1.29 is 19.8 Å². The molecule has 3 aromatic rings. The van der Waals surface area contributed by atoms with Gasteiger partial charge in [-0.15, -0.1) is 0 Å². The summed E-state index contributed by atoms with van der Waals surface area (Å²) < 4.78 is 0. The number of β-amino-alcohol motifs (C(OH)–C–C–N with tert-alkyl or cyclic N) is 1. The molecule has 4 atom stereocenters. The summed E-state index contributed by atoms with van der Waals surface area (Å²) in [6.07, 6.45) is 8.27. The van der Waals surface area contributed by atoms with Crippen LogP contribution < -0.4 is 10.2 Å². The average molecular weight is 662 g/mol. The van der Waals surface area contributed by atoms with Gasteiger partial charge in [0.1, 0.15) is 5.54 Å². The van der Waals surface area contributed by atoms with Crippen molar-refractivity contribution in [3.63, 3.8) is 0 Å². The van der Waals surface area contributed by atoms with Crippen molar-refractivity contribution in [3.8, 4) is 0 Å². The Morgan fingerprint density at radius 1 is 0.939 bits per heavy atom. The Morgan fingerprint density at radius 2 is 1.65 bits per heavy atom. The van der Waals surface area contributed by atoms with Crippen LogP contribution in [0.1, 0.15) is 98.2 Å². The first-order valence-electron chi connectivity index (χ1n) is 18.2. The summed E-state index contributed by atoms with van der Waals surface area (Å²) >= 11 is 0. The SMILES string of the molecule is CC1=CCC[C@@]2(C)[C@@H](CC[C@@]2(O)CN2CCC3(CC2)C(=O)NCN3c2ccccc2)c2ccc(cc2C(=O)c2ccccc2)C[C@@H](O)CC1. The molecular weight excluding hydrogens is 610 g/mol. The number of ketones is 1. The Bertz CT molecular complexity index is 1700. The molecule has 2 bridgehead atoms. The molecule has 3 aliphatic carbocycles. The number of hydrogen-bond donors (Lipinski definition) is 3. The molecule has 0 unspecified atom stereocenters. The van der Waals surface area contributed by atoms with Crippen molar-refractivity contribution in [3.05, 3.63) is 113 Å². The number of fused-ring (bicyclic) bond motifs is 8. The van der Waals surface area contributed by atoms with Gasteiger partial charge in [0.25, 0.3) is 0 Å². The van der Waals surface area contributed by atoms with Crippen LogP contribution in [0.4, 0.5) is 5.69 Å². The smallest absolute Gasteiger partial charge is 0.247 e. The molecule has 1 amide bonds.